The fourth-order valence-electron chi connectivity index (χ4n) is 3.84. The first-order valence-corrected chi connectivity index (χ1v) is 11.0. The zero-order valence-electron chi connectivity index (χ0n) is 18.5. The molecule has 1 saturated heterocycles. The largest absolute Gasteiger partial charge is 0.395 e. The molecule has 1 unspecified atom stereocenters. The first kappa shape index (κ1) is 22.3. The minimum atomic E-state index is -0.242. The number of hydrogen-bond donors (Lipinski definition) is 2. The van der Waals surface area contributed by atoms with E-state index in [0.29, 0.717) is 24.6 Å². The van der Waals surface area contributed by atoms with Gasteiger partial charge in [-0.1, -0.05) is 32.0 Å². The zero-order valence-corrected chi connectivity index (χ0v) is 18.5. The second kappa shape index (κ2) is 10.1. The fourth-order valence-corrected chi connectivity index (χ4v) is 3.84. The van der Waals surface area contributed by atoms with Crippen LogP contribution in [0, 0.1) is 0 Å². The van der Waals surface area contributed by atoms with Crippen molar-refractivity contribution in [3.05, 3.63) is 65.4 Å². The molecule has 4 rings (SSSR count). The second-order valence-corrected chi connectivity index (χ2v) is 8.29. The highest BCUT2D eigenvalue weighted by atomic mass is 16.5. The highest BCUT2D eigenvalue weighted by Gasteiger charge is 2.25. The van der Waals surface area contributed by atoms with Crippen LogP contribution in [0.15, 0.2) is 42.7 Å². The van der Waals surface area contributed by atoms with Gasteiger partial charge in [0.05, 0.1) is 30.0 Å². The summed E-state index contributed by atoms with van der Waals surface area (Å²) in [6.07, 6.45) is 3.55. The molecule has 3 heterocycles. The number of benzene rings is 1. The summed E-state index contributed by atoms with van der Waals surface area (Å²) in [5.41, 5.74) is 3.08. The average Bonchev–Trinajstić information content (AvgIpc) is 2.82. The van der Waals surface area contributed by atoms with E-state index in [2.05, 4.69) is 34.0 Å². The Labute approximate surface area is 187 Å². The maximum absolute atomic E-state index is 12.7. The van der Waals surface area contributed by atoms with Crippen LogP contribution in [-0.2, 0) is 11.3 Å². The standard InChI is InChI=1S/C24H29N5O3/c1-16(2)23-26-12-17(13-27-23)14-29-8-10-32-22(15-29)21-11-19(24(31)25-7-9-30)18-5-3-4-6-20(18)28-21/h3-6,11-13,16,22,30H,7-10,14-15H2,1-2H3,(H,25,31). The monoisotopic (exact) mass is 435 g/mol. The first-order chi connectivity index (χ1) is 15.5. The van der Waals surface area contributed by atoms with E-state index in [-0.39, 0.29) is 25.2 Å². The Morgan fingerprint density at radius 3 is 2.81 bits per heavy atom. The van der Waals surface area contributed by atoms with Crippen molar-refractivity contribution in [3.8, 4) is 0 Å². The number of carbonyl (C=O) groups excluding carboxylic acids is 1. The predicted octanol–water partition coefficient (Wildman–Crippen LogP) is 2.44. The van der Waals surface area contributed by atoms with Gasteiger partial charge >= 0.3 is 0 Å². The van der Waals surface area contributed by atoms with Gasteiger partial charge in [-0.15, -0.1) is 0 Å². The van der Waals surface area contributed by atoms with Crippen LogP contribution >= 0.6 is 0 Å². The van der Waals surface area contributed by atoms with Crippen LogP contribution in [-0.4, -0.2) is 63.7 Å². The van der Waals surface area contributed by atoms with Crippen molar-refractivity contribution in [2.75, 3.05) is 32.8 Å². The van der Waals surface area contributed by atoms with E-state index in [1.807, 2.05) is 42.7 Å². The molecule has 0 saturated carbocycles. The number of nitrogens with one attached hydrogen (secondary N) is 1. The van der Waals surface area contributed by atoms with Gasteiger partial charge in [0.15, 0.2) is 0 Å². The smallest absolute Gasteiger partial charge is 0.252 e. The first-order valence-electron chi connectivity index (χ1n) is 11.0. The molecule has 1 amide bonds. The molecule has 1 aromatic carbocycles. The van der Waals surface area contributed by atoms with Gasteiger partial charge in [-0.3, -0.25) is 9.69 Å². The maximum atomic E-state index is 12.7. The summed E-state index contributed by atoms with van der Waals surface area (Å²) in [6, 6.07) is 9.38. The molecule has 8 heteroatoms. The van der Waals surface area contributed by atoms with E-state index in [0.717, 1.165) is 41.1 Å². The zero-order chi connectivity index (χ0) is 22.5. The number of aromatic nitrogens is 3. The minimum absolute atomic E-state index is 0.107. The Balaban J connectivity index is 1.54. The van der Waals surface area contributed by atoms with Gasteiger partial charge < -0.3 is 15.2 Å². The molecule has 0 aliphatic carbocycles. The van der Waals surface area contributed by atoms with Crippen molar-refractivity contribution in [1.29, 1.82) is 0 Å². The Hall–Kier alpha value is -2.94. The molecule has 0 radical (unpaired) electrons. The van der Waals surface area contributed by atoms with Crippen molar-refractivity contribution in [3.63, 3.8) is 0 Å². The van der Waals surface area contributed by atoms with Gasteiger partial charge in [-0.25, -0.2) is 15.0 Å². The third kappa shape index (κ3) is 5.09. The lowest BCUT2D eigenvalue weighted by molar-refractivity contribution is -0.0349. The van der Waals surface area contributed by atoms with Gasteiger partial charge in [-0.05, 0) is 12.1 Å². The maximum Gasteiger partial charge on any atom is 0.252 e. The van der Waals surface area contributed by atoms with E-state index in [1.54, 1.807) is 0 Å². The number of morpholine rings is 1. The number of aliphatic hydroxyl groups is 1. The number of hydrogen-bond acceptors (Lipinski definition) is 7. The lowest BCUT2D eigenvalue weighted by Crippen LogP contribution is -2.38. The van der Waals surface area contributed by atoms with Crippen LogP contribution < -0.4 is 5.32 Å². The Morgan fingerprint density at radius 2 is 2.06 bits per heavy atom. The predicted molar refractivity (Wildman–Crippen MR) is 121 cm³/mol. The van der Waals surface area contributed by atoms with E-state index in [1.165, 1.54) is 0 Å². The Morgan fingerprint density at radius 1 is 1.28 bits per heavy atom. The van der Waals surface area contributed by atoms with Gasteiger partial charge in [0, 0.05) is 55.4 Å². The van der Waals surface area contributed by atoms with Gasteiger partial charge in [0.1, 0.15) is 11.9 Å². The van der Waals surface area contributed by atoms with E-state index in [4.69, 9.17) is 14.8 Å². The van der Waals surface area contributed by atoms with Gasteiger partial charge in [-0.2, -0.15) is 0 Å². The van der Waals surface area contributed by atoms with E-state index >= 15 is 0 Å². The van der Waals surface area contributed by atoms with E-state index < -0.39 is 0 Å². The van der Waals surface area contributed by atoms with Crippen LogP contribution in [0.1, 0.15) is 53.3 Å². The van der Waals surface area contributed by atoms with Crippen LogP contribution in [0.25, 0.3) is 10.9 Å². The molecule has 8 nitrogen and oxygen atoms in total. The molecular formula is C24H29N5O3. The molecule has 1 aliphatic heterocycles. The number of amides is 1. The van der Waals surface area contributed by atoms with Crippen molar-refractivity contribution < 1.29 is 14.6 Å². The van der Waals surface area contributed by atoms with Crippen LogP contribution in [0.2, 0.25) is 0 Å². The fraction of sp³-hybridized carbons (Fsp3) is 0.417. The number of para-hydroxylation sites is 1. The summed E-state index contributed by atoms with van der Waals surface area (Å²) >= 11 is 0. The molecule has 1 atom stereocenters. The SMILES string of the molecule is CC(C)c1ncc(CN2CCOC(c3cc(C(=O)NCCO)c4ccccc4n3)C2)cn1. The molecule has 1 aliphatic rings. The number of fused-ring (bicyclic) bond motifs is 1. The third-order valence-corrected chi connectivity index (χ3v) is 5.51. The third-order valence-electron chi connectivity index (χ3n) is 5.51. The molecule has 0 bridgehead atoms. The molecule has 2 N–H and O–H groups in total. The average molecular weight is 436 g/mol. The van der Waals surface area contributed by atoms with Crippen molar-refractivity contribution in [2.24, 2.45) is 0 Å². The number of carbonyl (C=O) groups is 1. The normalized spacial score (nSPS) is 17.1. The number of nitrogens with zero attached hydrogens (tertiary/aromatic N) is 4. The molecule has 32 heavy (non-hydrogen) atoms. The lowest BCUT2D eigenvalue weighted by atomic mass is 10.0. The highest BCUT2D eigenvalue weighted by molar-refractivity contribution is 6.06. The van der Waals surface area contributed by atoms with E-state index in [9.17, 15) is 4.79 Å². The van der Waals surface area contributed by atoms with Crippen LogP contribution in [0.4, 0.5) is 0 Å². The van der Waals surface area contributed by atoms with Gasteiger partial charge in [0.25, 0.3) is 5.91 Å². The quantitative estimate of drug-likeness (QED) is 0.588. The van der Waals surface area contributed by atoms with Crippen LogP contribution in [0.3, 0.4) is 0 Å². The Bertz CT molecular complexity index is 1070. The summed E-state index contributed by atoms with van der Waals surface area (Å²) in [7, 11) is 0. The summed E-state index contributed by atoms with van der Waals surface area (Å²) in [5.74, 6) is 0.925. The minimum Gasteiger partial charge on any atom is -0.395 e. The molecular weight excluding hydrogens is 406 g/mol. The van der Waals surface area contributed by atoms with Crippen molar-refractivity contribution in [2.45, 2.75) is 32.4 Å². The Kier molecular flexibility index (Phi) is 7.04. The number of pyridine rings is 1. The summed E-state index contributed by atoms with van der Waals surface area (Å²) in [6.45, 7) is 7.04. The topological polar surface area (TPSA) is 100 Å². The molecule has 168 valence electrons. The van der Waals surface area contributed by atoms with Crippen molar-refractivity contribution in [1.82, 2.24) is 25.2 Å². The molecule has 1 fully saturated rings. The number of rotatable bonds is 7. The highest BCUT2D eigenvalue weighted by Crippen LogP contribution is 2.26. The molecule has 2 aromatic heterocycles. The summed E-state index contributed by atoms with van der Waals surface area (Å²) in [5, 5.41) is 12.6. The molecule has 3 aromatic rings. The van der Waals surface area contributed by atoms with Crippen molar-refractivity contribution >= 4 is 16.8 Å². The second-order valence-electron chi connectivity index (χ2n) is 8.29. The summed E-state index contributed by atoms with van der Waals surface area (Å²) in [4.78, 5) is 28.7. The number of ether oxygens (including phenoxy) is 1. The number of aliphatic hydroxyl groups excluding tert-OH is 1. The lowest BCUT2D eigenvalue weighted by Gasteiger charge is -2.32. The van der Waals surface area contributed by atoms with Crippen LogP contribution in [0.5, 0.6) is 0 Å². The molecule has 0 spiro atoms. The summed E-state index contributed by atoms with van der Waals surface area (Å²) < 4.78 is 6.04. The van der Waals surface area contributed by atoms with Gasteiger partial charge in [0.2, 0.25) is 0 Å².